The molecule has 0 aliphatic carbocycles. The van der Waals surface area contributed by atoms with Gasteiger partial charge in [-0.15, -0.1) is 0 Å². The zero-order valence-electron chi connectivity index (χ0n) is 7.19. The summed E-state index contributed by atoms with van der Waals surface area (Å²) in [7, 11) is 2.51. The van der Waals surface area contributed by atoms with Gasteiger partial charge in [0.1, 0.15) is 0 Å². The van der Waals surface area contributed by atoms with E-state index in [4.69, 9.17) is 0 Å². The summed E-state index contributed by atoms with van der Waals surface area (Å²) in [5.41, 5.74) is 0. The first-order valence-corrected chi connectivity index (χ1v) is 3.43. The van der Waals surface area contributed by atoms with E-state index in [-0.39, 0.29) is 0 Å². The zero-order chi connectivity index (χ0) is 9.23. The Morgan fingerprint density at radius 3 is 1.17 bits per heavy atom. The summed E-state index contributed by atoms with van der Waals surface area (Å²) < 4.78 is 8.08. The molecule has 1 aromatic rings. The molecule has 0 radical (unpaired) electrons. The molecule has 0 N–H and O–H groups in total. The van der Waals surface area contributed by atoms with Crippen LogP contribution in [-0.2, 0) is 9.47 Å². The molecule has 0 saturated carbocycles. The van der Waals surface area contributed by atoms with Crippen LogP contribution in [0.1, 0.15) is 0 Å². The summed E-state index contributed by atoms with van der Waals surface area (Å²) in [6, 6.07) is 12.0. The molecule has 0 amide bonds. The van der Waals surface area contributed by atoms with Crippen LogP contribution >= 0.6 is 0 Å². The first kappa shape index (κ1) is 10.5. The summed E-state index contributed by atoms with van der Waals surface area (Å²) in [6.07, 6.45) is -0.657. The van der Waals surface area contributed by atoms with E-state index in [2.05, 4.69) is 9.47 Å². The van der Waals surface area contributed by atoms with Crippen LogP contribution in [0.4, 0.5) is 4.79 Å². The molecule has 3 heteroatoms. The van der Waals surface area contributed by atoms with Crippen molar-refractivity contribution in [3.8, 4) is 0 Å². The lowest BCUT2D eigenvalue weighted by molar-refractivity contribution is 0.0924. The van der Waals surface area contributed by atoms with Crippen molar-refractivity contribution in [1.82, 2.24) is 0 Å². The van der Waals surface area contributed by atoms with Crippen molar-refractivity contribution in [3.63, 3.8) is 0 Å². The van der Waals surface area contributed by atoms with Gasteiger partial charge in [0.05, 0.1) is 14.2 Å². The molecule has 0 atom stereocenters. The molecule has 0 aliphatic rings. The second kappa shape index (κ2) is 7.60. The van der Waals surface area contributed by atoms with Gasteiger partial charge in [-0.2, -0.15) is 0 Å². The Balaban J connectivity index is 0.000000202. The van der Waals surface area contributed by atoms with Crippen molar-refractivity contribution in [2.45, 2.75) is 0 Å². The molecule has 3 nitrogen and oxygen atoms in total. The molecule has 66 valence electrons. The van der Waals surface area contributed by atoms with Crippen LogP contribution in [0.25, 0.3) is 0 Å². The van der Waals surface area contributed by atoms with Crippen molar-refractivity contribution < 1.29 is 14.3 Å². The standard InChI is InChI=1S/C6H6.C3H6O3/c1-2-4-6-5-3-1;1-5-3(4)6-2/h1-6H;1-2H3. The normalized spacial score (nSPS) is 7.50. The lowest BCUT2D eigenvalue weighted by Crippen LogP contribution is -1.97. The van der Waals surface area contributed by atoms with Crippen LogP contribution in [0.15, 0.2) is 36.4 Å². The summed E-state index contributed by atoms with van der Waals surface area (Å²) >= 11 is 0. The molecule has 1 rings (SSSR count). The van der Waals surface area contributed by atoms with E-state index in [0.29, 0.717) is 0 Å². The van der Waals surface area contributed by atoms with Crippen LogP contribution in [-0.4, -0.2) is 20.4 Å². The Bertz CT molecular complexity index is 163. The maximum atomic E-state index is 9.74. The first-order chi connectivity index (χ1) is 5.81. The summed E-state index contributed by atoms with van der Waals surface area (Å²) in [6.45, 7) is 0. The van der Waals surface area contributed by atoms with E-state index in [1.165, 1.54) is 14.2 Å². The highest BCUT2D eigenvalue weighted by Gasteiger charge is 1.88. The van der Waals surface area contributed by atoms with Crippen LogP contribution in [0.2, 0.25) is 0 Å². The average Bonchev–Trinajstić information content (AvgIpc) is 2.20. The fourth-order valence-electron chi connectivity index (χ4n) is 0.468. The Morgan fingerprint density at radius 1 is 0.833 bits per heavy atom. The third-order valence-electron chi connectivity index (χ3n) is 1.00. The topological polar surface area (TPSA) is 35.5 Å². The predicted octanol–water partition coefficient (Wildman–Crippen LogP) is 2.09. The number of carbonyl (C=O) groups is 1. The monoisotopic (exact) mass is 168 g/mol. The smallest absolute Gasteiger partial charge is 0.438 e. The molecule has 0 aromatic heterocycles. The van der Waals surface area contributed by atoms with Gasteiger partial charge in [-0.3, -0.25) is 0 Å². The molecule has 0 saturated heterocycles. The van der Waals surface area contributed by atoms with Crippen LogP contribution < -0.4 is 0 Å². The number of hydrogen-bond donors (Lipinski definition) is 0. The van der Waals surface area contributed by atoms with Gasteiger partial charge in [0, 0.05) is 0 Å². The fourth-order valence-corrected chi connectivity index (χ4v) is 0.468. The number of rotatable bonds is 0. The summed E-state index contributed by atoms with van der Waals surface area (Å²) in [4.78, 5) is 9.74. The molecule has 0 bridgehead atoms. The van der Waals surface area contributed by atoms with E-state index in [9.17, 15) is 4.79 Å². The minimum atomic E-state index is -0.657. The molecular formula is C9H12O3. The minimum absolute atomic E-state index is 0.657. The predicted molar refractivity (Wildman–Crippen MR) is 45.9 cm³/mol. The van der Waals surface area contributed by atoms with Gasteiger partial charge in [-0.25, -0.2) is 4.79 Å². The van der Waals surface area contributed by atoms with Crippen molar-refractivity contribution in [1.29, 1.82) is 0 Å². The highest BCUT2D eigenvalue weighted by atomic mass is 16.7. The maximum Gasteiger partial charge on any atom is 0.507 e. The average molecular weight is 168 g/mol. The van der Waals surface area contributed by atoms with Gasteiger partial charge >= 0.3 is 6.16 Å². The van der Waals surface area contributed by atoms with Crippen molar-refractivity contribution in [3.05, 3.63) is 36.4 Å². The highest BCUT2D eigenvalue weighted by molar-refractivity contribution is 5.59. The molecular weight excluding hydrogens is 156 g/mol. The van der Waals surface area contributed by atoms with Gasteiger partial charge < -0.3 is 9.47 Å². The lowest BCUT2D eigenvalue weighted by atomic mass is 10.4. The Kier molecular flexibility index (Phi) is 6.64. The van der Waals surface area contributed by atoms with Gasteiger partial charge in [0.25, 0.3) is 0 Å². The van der Waals surface area contributed by atoms with Gasteiger partial charge in [0.2, 0.25) is 0 Å². The van der Waals surface area contributed by atoms with Crippen LogP contribution in [0.3, 0.4) is 0 Å². The number of ether oxygens (including phenoxy) is 2. The summed E-state index contributed by atoms with van der Waals surface area (Å²) in [5, 5.41) is 0. The number of carbonyl (C=O) groups excluding carboxylic acids is 1. The van der Waals surface area contributed by atoms with E-state index >= 15 is 0 Å². The minimum Gasteiger partial charge on any atom is -0.438 e. The third kappa shape index (κ3) is 6.61. The maximum absolute atomic E-state index is 9.74. The van der Waals surface area contributed by atoms with E-state index in [1.54, 1.807) is 0 Å². The first-order valence-electron chi connectivity index (χ1n) is 3.43. The fraction of sp³-hybridized carbons (Fsp3) is 0.222. The SMILES string of the molecule is COC(=O)OC.c1ccccc1. The molecule has 0 fully saturated rings. The molecule has 12 heavy (non-hydrogen) atoms. The van der Waals surface area contributed by atoms with E-state index < -0.39 is 6.16 Å². The van der Waals surface area contributed by atoms with Crippen molar-refractivity contribution in [2.75, 3.05) is 14.2 Å². The van der Waals surface area contributed by atoms with Gasteiger partial charge in [0.15, 0.2) is 0 Å². The van der Waals surface area contributed by atoms with Gasteiger partial charge in [-0.1, -0.05) is 36.4 Å². The second-order valence-corrected chi connectivity index (χ2v) is 1.81. The summed E-state index contributed by atoms with van der Waals surface area (Å²) in [5.74, 6) is 0. The number of hydrogen-bond acceptors (Lipinski definition) is 3. The largest absolute Gasteiger partial charge is 0.507 e. The molecule has 1 aromatic carbocycles. The molecule has 0 unspecified atom stereocenters. The lowest BCUT2D eigenvalue weighted by Gasteiger charge is -1.89. The Labute approximate surface area is 71.9 Å². The van der Waals surface area contributed by atoms with Crippen molar-refractivity contribution in [2.24, 2.45) is 0 Å². The quantitative estimate of drug-likeness (QED) is 0.556. The Morgan fingerprint density at radius 2 is 1.08 bits per heavy atom. The third-order valence-corrected chi connectivity index (χ3v) is 1.00. The Hall–Kier alpha value is -1.51. The van der Waals surface area contributed by atoms with E-state index in [1.807, 2.05) is 36.4 Å². The molecule has 0 spiro atoms. The van der Waals surface area contributed by atoms with Crippen LogP contribution in [0.5, 0.6) is 0 Å². The number of methoxy groups -OCH3 is 2. The van der Waals surface area contributed by atoms with Crippen LogP contribution in [0, 0.1) is 0 Å². The van der Waals surface area contributed by atoms with E-state index in [0.717, 1.165) is 0 Å². The molecule has 0 aliphatic heterocycles. The van der Waals surface area contributed by atoms with Crippen molar-refractivity contribution >= 4 is 6.16 Å². The van der Waals surface area contributed by atoms with Gasteiger partial charge in [-0.05, 0) is 0 Å². The highest BCUT2D eigenvalue weighted by Crippen LogP contribution is 1.79. The number of benzene rings is 1. The molecule has 0 heterocycles. The second-order valence-electron chi connectivity index (χ2n) is 1.81. The zero-order valence-corrected chi connectivity index (χ0v) is 7.19.